The summed E-state index contributed by atoms with van der Waals surface area (Å²) in [6.45, 7) is 3.45. The summed E-state index contributed by atoms with van der Waals surface area (Å²) in [4.78, 5) is 0. The lowest BCUT2D eigenvalue weighted by Crippen LogP contribution is -2.04. The van der Waals surface area contributed by atoms with Crippen LogP contribution in [0.4, 0.5) is 5.69 Å². The number of rotatable bonds is 8. The molecule has 0 bridgehead atoms. The molecule has 0 radical (unpaired) electrons. The van der Waals surface area contributed by atoms with Crippen molar-refractivity contribution in [2.45, 2.75) is 20.1 Å². The maximum absolute atomic E-state index is 9.37. The maximum atomic E-state index is 9.37. The van der Waals surface area contributed by atoms with Gasteiger partial charge in [-0.1, -0.05) is 41.9 Å². The Balaban J connectivity index is 1.73. The molecule has 3 aromatic rings. The van der Waals surface area contributed by atoms with Crippen LogP contribution in [0.25, 0.3) is 0 Å². The van der Waals surface area contributed by atoms with E-state index in [0.29, 0.717) is 36.3 Å². The van der Waals surface area contributed by atoms with Gasteiger partial charge in [0.1, 0.15) is 12.4 Å². The molecule has 3 aromatic carbocycles. The second-order valence-electron chi connectivity index (χ2n) is 6.00. The number of nitrogens with one attached hydrogen (secondary N) is 1. The highest BCUT2D eigenvalue weighted by molar-refractivity contribution is 6.31. The van der Waals surface area contributed by atoms with Crippen LogP contribution in [-0.4, -0.2) is 11.7 Å². The van der Waals surface area contributed by atoms with Gasteiger partial charge in [0.2, 0.25) is 0 Å². The number of phenols is 1. The van der Waals surface area contributed by atoms with Gasteiger partial charge in [-0.25, -0.2) is 0 Å². The maximum Gasteiger partial charge on any atom is 0.163 e. The summed E-state index contributed by atoms with van der Waals surface area (Å²) in [6, 6.07) is 20.5. The molecule has 3 rings (SSSR count). The zero-order valence-electron chi connectivity index (χ0n) is 15.1. The molecule has 0 amide bonds. The first-order valence-electron chi connectivity index (χ1n) is 8.80. The quantitative estimate of drug-likeness (QED) is 0.494. The molecule has 0 unspecified atom stereocenters. The van der Waals surface area contributed by atoms with E-state index in [1.54, 1.807) is 18.2 Å². The van der Waals surface area contributed by atoms with Crippen molar-refractivity contribution in [3.63, 3.8) is 0 Å². The van der Waals surface area contributed by atoms with Gasteiger partial charge in [0.05, 0.1) is 6.61 Å². The van der Waals surface area contributed by atoms with Crippen LogP contribution in [0.15, 0.2) is 66.7 Å². The fraction of sp³-hybridized carbons (Fsp3) is 0.182. The molecule has 2 N–H and O–H groups in total. The fourth-order valence-electron chi connectivity index (χ4n) is 2.61. The van der Waals surface area contributed by atoms with Crippen molar-refractivity contribution in [2.75, 3.05) is 11.9 Å². The topological polar surface area (TPSA) is 50.7 Å². The number of ether oxygens (including phenoxy) is 2. The first-order chi connectivity index (χ1) is 13.2. The van der Waals surface area contributed by atoms with Crippen LogP contribution in [0, 0.1) is 0 Å². The molecule has 0 aliphatic heterocycles. The van der Waals surface area contributed by atoms with Gasteiger partial charge in [-0.15, -0.1) is 0 Å². The Kier molecular flexibility index (Phi) is 6.44. The van der Waals surface area contributed by atoms with Crippen LogP contribution in [-0.2, 0) is 13.2 Å². The van der Waals surface area contributed by atoms with E-state index in [-0.39, 0.29) is 5.75 Å². The van der Waals surface area contributed by atoms with E-state index < -0.39 is 0 Å². The van der Waals surface area contributed by atoms with Crippen molar-refractivity contribution < 1.29 is 14.6 Å². The molecule has 0 heterocycles. The summed E-state index contributed by atoms with van der Waals surface area (Å²) in [5.74, 6) is 1.52. The average Bonchev–Trinajstić information content (AvgIpc) is 2.69. The van der Waals surface area contributed by atoms with Gasteiger partial charge in [0, 0.05) is 23.3 Å². The minimum Gasteiger partial charge on any atom is -0.508 e. The Labute approximate surface area is 164 Å². The summed E-state index contributed by atoms with van der Waals surface area (Å²) in [5.41, 5.74) is 2.88. The number of hydrogen-bond donors (Lipinski definition) is 2. The SMILES string of the molecule is CCOc1cc(CNc2ccc(O)cc2)c(Cl)cc1OCc1ccccc1. The standard InChI is InChI=1S/C22H22ClNO3/c1-2-26-21-12-17(14-24-18-8-10-19(25)11-9-18)20(23)13-22(21)27-15-16-6-4-3-5-7-16/h3-13,24-25H,2,14-15H2,1H3. The molecule has 0 saturated heterocycles. The zero-order valence-corrected chi connectivity index (χ0v) is 15.9. The van der Waals surface area contributed by atoms with Gasteiger partial charge < -0.3 is 19.9 Å². The molecule has 4 nitrogen and oxygen atoms in total. The van der Waals surface area contributed by atoms with E-state index in [0.717, 1.165) is 16.8 Å². The highest BCUT2D eigenvalue weighted by Crippen LogP contribution is 2.34. The Morgan fingerprint density at radius 3 is 2.33 bits per heavy atom. The van der Waals surface area contributed by atoms with Gasteiger partial charge in [-0.3, -0.25) is 0 Å². The van der Waals surface area contributed by atoms with Gasteiger partial charge in [-0.05, 0) is 48.4 Å². The number of aromatic hydroxyl groups is 1. The Hall–Kier alpha value is -2.85. The normalized spacial score (nSPS) is 10.4. The van der Waals surface area contributed by atoms with E-state index >= 15 is 0 Å². The largest absolute Gasteiger partial charge is 0.508 e. The number of halogens is 1. The fourth-order valence-corrected chi connectivity index (χ4v) is 2.83. The molecule has 0 aliphatic rings. The molecular weight excluding hydrogens is 362 g/mol. The van der Waals surface area contributed by atoms with Crippen molar-refractivity contribution in [3.05, 3.63) is 82.9 Å². The summed E-state index contributed by atoms with van der Waals surface area (Å²) >= 11 is 6.46. The van der Waals surface area contributed by atoms with E-state index in [4.69, 9.17) is 21.1 Å². The van der Waals surface area contributed by atoms with Gasteiger partial charge in [-0.2, -0.15) is 0 Å². The third-order valence-electron chi connectivity index (χ3n) is 4.00. The average molecular weight is 384 g/mol. The van der Waals surface area contributed by atoms with Gasteiger partial charge >= 0.3 is 0 Å². The predicted octanol–water partition coefficient (Wildman–Crippen LogP) is 5.64. The minimum atomic E-state index is 0.233. The predicted molar refractivity (Wildman–Crippen MR) is 109 cm³/mol. The van der Waals surface area contributed by atoms with E-state index in [1.807, 2.05) is 55.5 Å². The van der Waals surface area contributed by atoms with E-state index in [1.165, 1.54) is 0 Å². The monoisotopic (exact) mass is 383 g/mol. The highest BCUT2D eigenvalue weighted by Gasteiger charge is 2.12. The minimum absolute atomic E-state index is 0.233. The summed E-state index contributed by atoms with van der Waals surface area (Å²) < 4.78 is 11.7. The Morgan fingerprint density at radius 1 is 0.926 bits per heavy atom. The van der Waals surface area contributed by atoms with Crippen molar-refractivity contribution in [1.29, 1.82) is 0 Å². The number of phenolic OH excluding ortho intramolecular Hbond substituents is 1. The third-order valence-corrected chi connectivity index (χ3v) is 4.35. The van der Waals surface area contributed by atoms with Crippen molar-refractivity contribution in [1.82, 2.24) is 0 Å². The number of hydrogen-bond acceptors (Lipinski definition) is 4. The molecule has 0 saturated carbocycles. The molecule has 0 aromatic heterocycles. The van der Waals surface area contributed by atoms with Crippen molar-refractivity contribution >= 4 is 17.3 Å². The molecule has 0 atom stereocenters. The summed E-state index contributed by atoms with van der Waals surface area (Å²) in [6.07, 6.45) is 0. The summed E-state index contributed by atoms with van der Waals surface area (Å²) in [5, 5.41) is 13.3. The first kappa shape index (κ1) is 18.9. The van der Waals surface area contributed by atoms with Crippen LogP contribution in [0.5, 0.6) is 17.2 Å². The van der Waals surface area contributed by atoms with Gasteiger partial charge in [0.15, 0.2) is 11.5 Å². The van der Waals surface area contributed by atoms with E-state index in [9.17, 15) is 5.11 Å². The number of anilines is 1. The summed E-state index contributed by atoms with van der Waals surface area (Å²) in [7, 11) is 0. The molecule has 5 heteroatoms. The van der Waals surface area contributed by atoms with Crippen LogP contribution in [0.3, 0.4) is 0 Å². The molecule has 0 spiro atoms. The Bertz CT molecular complexity index is 867. The number of benzene rings is 3. The van der Waals surface area contributed by atoms with Crippen LogP contribution >= 0.6 is 11.6 Å². The lowest BCUT2D eigenvalue weighted by atomic mass is 10.2. The van der Waals surface area contributed by atoms with Crippen molar-refractivity contribution in [2.24, 2.45) is 0 Å². The molecular formula is C22H22ClNO3. The third kappa shape index (κ3) is 5.31. The lowest BCUT2D eigenvalue weighted by molar-refractivity contribution is 0.269. The van der Waals surface area contributed by atoms with Crippen LogP contribution in [0.2, 0.25) is 5.02 Å². The first-order valence-corrected chi connectivity index (χ1v) is 9.18. The Morgan fingerprint density at radius 2 is 1.63 bits per heavy atom. The molecule has 0 fully saturated rings. The van der Waals surface area contributed by atoms with Crippen LogP contribution in [0.1, 0.15) is 18.1 Å². The smallest absolute Gasteiger partial charge is 0.163 e. The zero-order chi connectivity index (χ0) is 19.1. The van der Waals surface area contributed by atoms with Crippen molar-refractivity contribution in [3.8, 4) is 17.2 Å². The van der Waals surface area contributed by atoms with Crippen LogP contribution < -0.4 is 14.8 Å². The van der Waals surface area contributed by atoms with Gasteiger partial charge in [0.25, 0.3) is 0 Å². The second kappa shape index (κ2) is 9.19. The lowest BCUT2D eigenvalue weighted by Gasteiger charge is -2.16. The molecule has 0 aliphatic carbocycles. The molecule has 27 heavy (non-hydrogen) atoms. The second-order valence-corrected chi connectivity index (χ2v) is 6.41. The van der Waals surface area contributed by atoms with E-state index in [2.05, 4.69) is 5.32 Å². The highest BCUT2D eigenvalue weighted by atomic mass is 35.5. The molecule has 140 valence electrons.